The number of rotatable bonds is 7. The van der Waals surface area contributed by atoms with E-state index in [0.29, 0.717) is 17.9 Å². The van der Waals surface area contributed by atoms with Crippen LogP contribution < -0.4 is 20.1 Å². The Bertz CT molecular complexity index is 882. The molecule has 8 heteroatoms. The summed E-state index contributed by atoms with van der Waals surface area (Å²) in [4.78, 5) is 39.0. The van der Waals surface area contributed by atoms with Crippen molar-refractivity contribution in [3.05, 3.63) is 23.8 Å². The molecule has 3 aliphatic rings. The first-order valence-electron chi connectivity index (χ1n) is 11.7. The molecule has 3 fully saturated rings. The van der Waals surface area contributed by atoms with Crippen LogP contribution in [0.2, 0.25) is 0 Å². The minimum atomic E-state index is -0.849. The molecule has 1 heterocycles. The van der Waals surface area contributed by atoms with E-state index >= 15 is 0 Å². The first-order valence-corrected chi connectivity index (χ1v) is 11.7. The fourth-order valence-corrected chi connectivity index (χ4v) is 5.14. The number of nitrogens with zero attached hydrogens (tertiary/aromatic N) is 1. The van der Waals surface area contributed by atoms with E-state index < -0.39 is 11.6 Å². The Labute approximate surface area is 189 Å². The topological polar surface area (TPSA) is 97.0 Å². The van der Waals surface area contributed by atoms with Crippen LogP contribution in [0, 0.1) is 5.92 Å². The quantitative estimate of drug-likeness (QED) is 0.631. The number of urea groups is 1. The van der Waals surface area contributed by atoms with Crippen molar-refractivity contribution < 1.29 is 23.9 Å². The number of amides is 4. The molecule has 0 bridgehead atoms. The third kappa shape index (κ3) is 4.40. The van der Waals surface area contributed by atoms with E-state index in [4.69, 9.17) is 9.47 Å². The summed E-state index contributed by atoms with van der Waals surface area (Å²) in [6.07, 6.45) is 8.21. The number of ether oxygens (including phenoxy) is 2. The second-order valence-corrected chi connectivity index (χ2v) is 9.23. The van der Waals surface area contributed by atoms with Gasteiger partial charge in [0.1, 0.15) is 12.1 Å². The third-order valence-corrected chi connectivity index (χ3v) is 7.12. The maximum absolute atomic E-state index is 13.0. The van der Waals surface area contributed by atoms with Crippen LogP contribution >= 0.6 is 0 Å². The fraction of sp³-hybridized carbons (Fsp3) is 0.625. The van der Waals surface area contributed by atoms with Gasteiger partial charge in [-0.1, -0.05) is 25.8 Å². The van der Waals surface area contributed by atoms with Crippen molar-refractivity contribution in [2.45, 2.75) is 76.5 Å². The molecule has 4 rings (SSSR count). The normalized spacial score (nSPS) is 25.8. The van der Waals surface area contributed by atoms with Crippen LogP contribution in [0.1, 0.15) is 63.9 Å². The Kier molecular flexibility index (Phi) is 6.58. The highest BCUT2D eigenvalue weighted by molar-refractivity contribution is 6.09. The molecule has 2 N–H and O–H groups in total. The van der Waals surface area contributed by atoms with Gasteiger partial charge < -0.3 is 20.1 Å². The van der Waals surface area contributed by atoms with Gasteiger partial charge in [-0.15, -0.1) is 0 Å². The van der Waals surface area contributed by atoms with Crippen LogP contribution in [0.4, 0.5) is 4.79 Å². The van der Waals surface area contributed by atoms with Crippen LogP contribution in [0.5, 0.6) is 11.5 Å². The third-order valence-electron chi connectivity index (χ3n) is 7.12. The average molecular weight is 444 g/mol. The summed E-state index contributed by atoms with van der Waals surface area (Å²) in [5.74, 6) is 0.754. The van der Waals surface area contributed by atoms with Gasteiger partial charge in [0, 0.05) is 6.54 Å². The second-order valence-electron chi connectivity index (χ2n) is 9.23. The van der Waals surface area contributed by atoms with Crippen LogP contribution in [0.3, 0.4) is 0 Å². The number of carbonyl (C=O) groups excluding carboxylic acids is 3. The highest BCUT2D eigenvalue weighted by Gasteiger charge is 2.55. The van der Waals surface area contributed by atoms with Gasteiger partial charge in [-0.25, -0.2) is 4.79 Å². The summed E-state index contributed by atoms with van der Waals surface area (Å²) in [6, 6.07) is 5.12. The number of carbonyl (C=O) groups is 3. The zero-order chi connectivity index (χ0) is 22.7. The maximum Gasteiger partial charge on any atom is 0.325 e. The lowest BCUT2D eigenvalue weighted by Gasteiger charge is -2.36. The Morgan fingerprint density at radius 1 is 1.16 bits per heavy atom. The molecule has 0 unspecified atom stereocenters. The second kappa shape index (κ2) is 9.38. The lowest BCUT2D eigenvalue weighted by Crippen LogP contribution is -2.54. The van der Waals surface area contributed by atoms with Gasteiger partial charge in [0.15, 0.2) is 11.5 Å². The molecule has 2 saturated carbocycles. The highest BCUT2D eigenvalue weighted by Crippen LogP contribution is 2.38. The van der Waals surface area contributed by atoms with E-state index in [2.05, 4.69) is 10.6 Å². The predicted molar refractivity (Wildman–Crippen MR) is 118 cm³/mol. The van der Waals surface area contributed by atoms with Crippen molar-refractivity contribution >= 4 is 17.8 Å². The Morgan fingerprint density at radius 2 is 1.91 bits per heavy atom. The molecule has 1 aromatic rings. The summed E-state index contributed by atoms with van der Waals surface area (Å²) in [5, 5.41) is 5.68. The van der Waals surface area contributed by atoms with Crippen molar-refractivity contribution in [1.82, 2.24) is 15.5 Å². The van der Waals surface area contributed by atoms with Gasteiger partial charge >= 0.3 is 6.03 Å². The minimum Gasteiger partial charge on any atom is -0.493 e. The lowest BCUT2D eigenvalue weighted by atomic mass is 9.73. The molecule has 0 radical (unpaired) electrons. The van der Waals surface area contributed by atoms with Gasteiger partial charge in [-0.3, -0.25) is 14.5 Å². The molecular formula is C24H33N3O5. The molecule has 8 nitrogen and oxygen atoms in total. The molecule has 1 aliphatic heterocycles. The van der Waals surface area contributed by atoms with Gasteiger partial charge in [0.25, 0.3) is 5.91 Å². The molecule has 2 atom stereocenters. The molecule has 1 spiro atoms. The smallest absolute Gasteiger partial charge is 0.325 e. The Morgan fingerprint density at radius 3 is 2.62 bits per heavy atom. The lowest BCUT2D eigenvalue weighted by molar-refractivity contribution is -0.137. The van der Waals surface area contributed by atoms with E-state index in [9.17, 15) is 14.4 Å². The largest absolute Gasteiger partial charge is 0.493 e. The maximum atomic E-state index is 13.0. The zero-order valence-electron chi connectivity index (χ0n) is 18.9. The van der Waals surface area contributed by atoms with Crippen LogP contribution in [0.25, 0.3) is 0 Å². The molecule has 1 saturated heterocycles. The summed E-state index contributed by atoms with van der Waals surface area (Å²) in [6.45, 7) is 1.98. The van der Waals surface area contributed by atoms with Crippen molar-refractivity contribution in [3.8, 4) is 11.5 Å². The molecular weight excluding hydrogens is 410 g/mol. The van der Waals surface area contributed by atoms with Crippen LogP contribution in [-0.4, -0.2) is 48.0 Å². The molecule has 32 heavy (non-hydrogen) atoms. The number of hydrogen-bond donors (Lipinski definition) is 2. The van der Waals surface area contributed by atoms with E-state index in [1.165, 1.54) is 12.8 Å². The first-order chi connectivity index (χ1) is 15.4. The van der Waals surface area contributed by atoms with Crippen molar-refractivity contribution in [3.63, 3.8) is 0 Å². The zero-order valence-corrected chi connectivity index (χ0v) is 18.9. The first kappa shape index (κ1) is 22.4. The van der Waals surface area contributed by atoms with Crippen molar-refractivity contribution in [2.24, 2.45) is 5.92 Å². The molecule has 174 valence electrons. The molecule has 0 aromatic heterocycles. The van der Waals surface area contributed by atoms with Crippen molar-refractivity contribution in [2.75, 3.05) is 13.7 Å². The Hall–Kier alpha value is -2.77. The monoisotopic (exact) mass is 443 g/mol. The highest BCUT2D eigenvalue weighted by atomic mass is 16.5. The predicted octanol–water partition coefficient (Wildman–Crippen LogP) is 3.13. The van der Waals surface area contributed by atoms with Crippen LogP contribution in [-0.2, 0) is 16.1 Å². The summed E-state index contributed by atoms with van der Waals surface area (Å²) in [5.41, 5.74) is 0.00143. The summed E-state index contributed by atoms with van der Waals surface area (Å²) < 4.78 is 11.5. The molecule has 4 amide bonds. The average Bonchev–Trinajstić information content (AvgIpc) is 3.38. The standard InChI is InChI=1S/C24H33N3O5/c1-16-7-5-6-12-24(16)22(29)27(23(30)26-24)15-21(28)25-14-17-10-11-19(20(13-17)31-2)32-18-8-3-4-9-18/h10-11,13,16,18H,3-9,12,14-15H2,1-2H3,(H,25,28)(H,26,30)/t16-,24+/m1/s1. The summed E-state index contributed by atoms with van der Waals surface area (Å²) in [7, 11) is 1.60. The minimum absolute atomic E-state index is 0.0678. The number of nitrogens with one attached hydrogen (secondary N) is 2. The van der Waals surface area contributed by atoms with Gasteiger partial charge in [0.2, 0.25) is 5.91 Å². The van der Waals surface area contributed by atoms with E-state index in [0.717, 1.165) is 42.6 Å². The number of benzene rings is 1. The SMILES string of the molecule is COc1cc(CNC(=O)CN2C(=O)N[C@]3(CCCC[C@H]3C)C2=O)ccc1OC1CCCC1. The van der Waals surface area contributed by atoms with E-state index in [1.54, 1.807) is 7.11 Å². The van der Waals surface area contributed by atoms with E-state index in [1.807, 2.05) is 25.1 Å². The fourth-order valence-electron chi connectivity index (χ4n) is 5.14. The van der Waals surface area contributed by atoms with Gasteiger partial charge in [-0.2, -0.15) is 0 Å². The van der Waals surface area contributed by atoms with Gasteiger partial charge in [-0.05, 0) is 62.1 Å². The van der Waals surface area contributed by atoms with Crippen LogP contribution in [0.15, 0.2) is 18.2 Å². The van der Waals surface area contributed by atoms with E-state index in [-0.39, 0.29) is 36.9 Å². The van der Waals surface area contributed by atoms with Gasteiger partial charge in [0.05, 0.1) is 13.2 Å². The molecule has 2 aliphatic carbocycles. The number of imide groups is 1. The Balaban J connectivity index is 1.33. The van der Waals surface area contributed by atoms with Crippen molar-refractivity contribution in [1.29, 1.82) is 0 Å². The number of hydrogen-bond acceptors (Lipinski definition) is 5. The molecule has 1 aromatic carbocycles. The number of methoxy groups -OCH3 is 1. The summed E-state index contributed by atoms with van der Waals surface area (Å²) >= 11 is 0.